The monoisotopic (exact) mass is 300 g/mol. The van der Waals surface area contributed by atoms with Crippen LogP contribution in [0.2, 0.25) is 0 Å². The predicted molar refractivity (Wildman–Crippen MR) is 79.7 cm³/mol. The number of aromatic nitrogens is 2. The molecule has 1 aliphatic heterocycles. The Morgan fingerprint density at radius 1 is 1.27 bits per heavy atom. The number of nitriles is 1. The number of likely N-dealkylation sites (tertiary alicyclic amines) is 1. The van der Waals surface area contributed by atoms with Crippen LogP contribution in [0.3, 0.4) is 0 Å². The van der Waals surface area contributed by atoms with Crippen LogP contribution in [0.1, 0.15) is 18.9 Å². The maximum absolute atomic E-state index is 12.6. The van der Waals surface area contributed by atoms with E-state index in [2.05, 4.69) is 0 Å². The molecule has 1 N–H and O–H groups in total. The first-order chi connectivity index (χ1) is 10.6. The zero-order chi connectivity index (χ0) is 15.7. The van der Waals surface area contributed by atoms with Gasteiger partial charge in [0, 0.05) is 19.1 Å². The molecule has 0 radical (unpaired) electrons. The fourth-order valence-electron chi connectivity index (χ4n) is 3.12. The minimum absolute atomic E-state index is 0.0142. The van der Waals surface area contributed by atoms with Crippen LogP contribution in [0.15, 0.2) is 29.1 Å². The van der Waals surface area contributed by atoms with Crippen LogP contribution in [0.4, 0.5) is 4.79 Å². The molecule has 1 aliphatic rings. The summed E-state index contributed by atoms with van der Waals surface area (Å²) in [5.74, 6) is 0. The summed E-state index contributed by atoms with van der Waals surface area (Å²) in [5.41, 5.74) is 1.35. The van der Waals surface area contributed by atoms with E-state index in [0.29, 0.717) is 25.9 Å². The van der Waals surface area contributed by atoms with Gasteiger partial charge in [-0.1, -0.05) is 12.1 Å². The van der Waals surface area contributed by atoms with Gasteiger partial charge in [0.15, 0.2) is 0 Å². The minimum atomic E-state index is -0.919. The number of benzene rings is 1. The normalized spacial score (nSPS) is 15.9. The van der Waals surface area contributed by atoms with Gasteiger partial charge >= 0.3 is 11.8 Å². The largest absolute Gasteiger partial charge is 0.465 e. The average Bonchev–Trinajstić information content (AvgIpc) is 2.80. The number of para-hydroxylation sites is 2. The molecule has 0 aliphatic carbocycles. The smallest absolute Gasteiger partial charge is 0.407 e. The summed E-state index contributed by atoms with van der Waals surface area (Å²) in [4.78, 5) is 25.0. The van der Waals surface area contributed by atoms with Crippen molar-refractivity contribution in [3.63, 3.8) is 0 Å². The van der Waals surface area contributed by atoms with Crippen molar-refractivity contribution in [3.05, 3.63) is 34.7 Å². The Kier molecular flexibility index (Phi) is 3.59. The Morgan fingerprint density at radius 2 is 1.91 bits per heavy atom. The van der Waals surface area contributed by atoms with Gasteiger partial charge < -0.3 is 10.0 Å². The molecule has 1 saturated heterocycles. The maximum Gasteiger partial charge on any atom is 0.407 e. The minimum Gasteiger partial charge on any atom is -0.465 e. The lowest BCUT2D eigenvalue weighted by molar-refractivity contribution is 0.125. The second kappa shape index (κ2) is 5.56. The van der Waals surface area contributed by atoms with E-state index in [1.54, 1.807) is 4.57 Å². The van der Waals surface area contributed by atoms with E-state index in [0.717, 1.165) is 11.0 Å². The molecular formula is C15H16N4O3. The third-order valence-electron chi connectivity index (χ3n) is 4.20. The van der Waals surface area contributed by atoms with E-state index in [1.165, 1.54) is 9.47 Å². The molecule has 0 unspecified atom stereocenters. The lowest BCUT2D eigenvalue weighted by Gasteiger charge is -2.30. The van der Waals surface area contributed by atoms with Gasteiger partial charge in [0.25, 0.3) is 0 Å². The molecule has 7 heteroatoms. The summed E-state index contributed by atoms with van der Waals surface area (Å²) in [5, 5.41) is 17.9. The zero-order valence-electron chi connectivity index (χ0n) is 12.0. The van der Waals surface area contributed by atoms with Crippen molar-refractivity contribution in [2.75, 3.05) is 13.1 Å². The third-order valence-corrected chi connectivity index (χ3v) is 4.20. The first-order valence-electron chi connectivity index (χ1n) is 7.18. The molecule has 0 atom stereocenters. The summed E-state index contributed by atoms with van der Waals surface area (Å²) < 4.78 is 3.19. The highest BCUT2D eigenvalue weighted by atomic mass is 16.4. The number of hydrogen-bond donors (Lipinski definition) is 1. The predicted octanol–water partition coefficient (Wildman–Crippen LogP) is 1.64. The fourth-order valence-corrected chi connectivity index (χ4v) is 3.12. The van der Waals surface area contributed by atoms with Crippen molar-refractivity contribution >= 4 is 17.1 Å². The van der Waals surface area contributed by atoms with Crippen LogP contribution >= 0.6 is 0 Å². The molecule has 7 nitrogen and oxygen atoms in total. The molecule has 1 aromatic carbocycles. The molecule has 114 valence electrons. The Labute approximate surface area is 126 Å². The number of amides is 1. The summed E-state index contributed by atoms with van der Waals surface area (Å²) in [6.45, 7) is 0.856. The Bertz CT molecular complexity index is 806. The number of piperidine rings is 1. The highest BCUT2D eigenvalue weighted by Crippen LogP contribution is 2.25. The molecule has 2 heterocycles. The number of rotatable bonds is 2. The van der Waals surface area contributed by atoms with Crippen molar-refractivity contribution in [1.82, 2.24) is 14.0 Å². The fraction of sp³-hybridized carbons (Fsp3) is 0.400. The van der Waals surface area contributed by atoms with E-state index < -0.39 is 6.09 Å². The number of nitrogens with zero attached hydrogens (tertiary/aromatic N) is 4. The van der Waals surface area contributed by atoms with Gasteiger partial charge in [0.2, 0.25) is 0 Å². The zero-order valence-corrected chi connectivity index (χ0v) is 12.0. The highest BCUT2D eigenvalue weighted by molar-refractivity contribution is 5.76. The van der Waals surface area contributed by atoms with Crippen molar-refractivity contribution in [2.45, 2.75) is 25.4 Å². The van der Waals surface area contributed by atoms with Gasteiger partial charge in [-0.05, 0) is 25.0 Å². The van der Waals surface area contributed by atoms with E-state index in [1.807, 2.05) is 30.3 Å². The van der Waals surface area contributed by atoms with Crippen LogP contribution < -0.4 is 5.69 Å². The van der Waals surface area contributed by atoms with E-state index in [9.17, 15) is 9.59 Å². The second-order valence-electron chi connectivity index (χ2n) is 5.39. The van der Waals surface area contributed by atoms with Crippen LogP contribution in [-0.4, -0.2) is 38.3 Å². The molecule has 0 saturated carbocycles. The molecule has 1 aromatic heterocycles. The number of hydrogen-bond acceptors (Lipinski definition) is 3. The first kappa shape index (κ1) is 14.2. The van der Waals surface area contributed by atoms with Crippen molar-refractivity contribution in [2.24, 2.45) is 0 Å². The van der Waals surface area contributed by atoms with Crippen molar-refractivity contribution in [1.29, 1.82) is 5.26 Å². The second-order valence-corrected chi connectivity index (χ2v) is 5.39. The van der Waals surface area contributed by atoms with Crippen LogP contribution in [0.25, 0.3) is 11.0 Å². The maximum atomic E-state index is 12.6. The topological polar surface area (TPSA) is 91.3 Å². The van der Waals surface area contributed by atoms with Crippen molar-refractivity contribution in [3.8, 4) is 6.07 Å². The average molecular weight is 300 g/mol. The molecule has 1 fully saturated rings. The van der Waals surface area contributed by atoms with Gasteiger partial charge in [0.1, 0.15) is 6.54 Å². The standard InChI is InChI=1S/C15H16N4O3/c16-7-10-18-12-3-1-2-4-13(12)19(14(18)20)11-5-8-17(9-6-11)15(21)22/h1-4,11H,5-6,8-10H2,(H,21,22). The van der Waals surface area contributed by atoms with E-state index in [-0.39, 0.29) is 18.3 Å². The third kappa shape index (κ3) is 2.22. The lowest BCUT2D eigenvalue weighted by atomic mass is 10.1. The molecular weight excluding hydrogens is 284 g/mol. The van der Waals surface area contributed by atoms with Gasteiger partial charge in [0.05, 0.1) is 17.1 Å². The van der Waals surface area contributed by atoms with Gasteiger partial charge in [-0.2, -0.15) is 5.26 Å². The summed E-state index contributed by atoms with van der Waals surface area (Å²) in [6.07, 6.45) is 0.289. The number of carboxylic acid groups (broad SMARTS) is 1. The van der Waals surface area contributed by atoms with Gasteiger partial charge in [-0.25, -0.2) is 9.59 Å². The van der Waals surface area contributed by atoms with E-state index >= 15 is 0 Å². The molecule has 22 heavy (non-hydrogen) atoms. The number of imidazole rings is 1. The number of fused-ring (bicyclic) bond motifs is 1. The lowest BCUT2D eigenvalue weighted by Crippen LogP contribution is -2.40. The Morgan fingerprint density at radius 3 is 2.50 bits per heavy atom. The molecule has 0 spiro atoms. The highest BCUT2D eigenvalue weighted by Gasteiger charge is 2.26. The molecule has 0 bridgehead atoms. The van der Waals surface area contributed by atoms with E-state index in [4.69, 9.17) is 10.4 Å². The molecule has 1 amide bonds. The molecule has 3 rings (SSSR count). The quantitative estimate of drug-likeness (QED) is 0.912. The summed E-state index contributed by atoms with van der Waals surface area (Å²) >= 11 is 0. The Hall–Kier alpha value is -2.75. The summed E-state index contributed by atoms with van der Waals surface area (Å²) in [6, 6.07) is 9.39. The van der Waals surface area contributed by atoms with Crippen LogP contribution in [0, 0.1) is 11.3 Å². The van der Waals surface area contributed by atoms with Crippen LogP contribution in [-0.2, 0) is 6.54 Å². The van der Waals surface area contributed by atoms with Gasteiger partial charge in [-0.15, -0.1) is 0 Å². The summed E-state index contributed by atoms with van der Waals surface area (Å²) in [7, 11) is 0. The van der Waals surface area contributed by atoms with Gasteiger partial charge in [-0.3, -0.25) is 9.13 Å². The Balaban J connectivity index is 2.02. The SMILES string of the molecule is N#CCn1c(=O)n(C2CCN(C(=O)O)CC2)c2ccccc21. The number of carbonyl (C=O) groups is 1. The first-order valence-corrected chi connectivity index (χ1v) is 7.18. The van der Waals surface area contributed by atoms with Crippen molar-refractivity contribution < 1.29 is 9.90 Å². The molecule has 2 aromatic rings. The van der Waals surface area contributed by atoms with Crippen LogP contribution in [0.5, 0.6) is 0 Å².